The lowest BCUT2D eigenvalue weighted by atomic mass is 10.2. The summed E-state index contributed by atoms with van der Waals surface area (Å²) in [4.78, 5) is 12.1. The van der Waals surface area contributed by atoms with Crippen molar-refractivity contribution in [3.8, 4) is 11.3 Å². The normalized spacial score (nSPS) is 10.6. The largest absolute Gasteiger partial charge is 0.451 e. The zero-order chi connectivity index (χ0) is 16.4. The predicted molar refractivity (Wildman–Crippen MR) is 91.2 cm³/mol. The van der Waals surface area contributed by atoms with Gasteiger partial charge in [-0.3, -0.25) is 4.79 Å². The van der Waals surface area contributed by atoms with Crippen molar-refractivity contribution in [2.24, 2.45) is 0 Å². The maximum absolute atomic E-state index is 13.7. The lowest BCUT2D eigenvalue weighted by molar-refractivity contribution is 0.0997. The molecule has 3 rings (SSSR count). The van der Waals surface area contributed by atoms with Gasteiger partial charge in [0.15, 0.2) is 5.76 Å². The molecule has 1 heterocycles. The number of halogens is 3. The zero-order valence-corrected chi connectivity index (χ0v) is 14.0. The van der Waals surface area contributed by atoms with Crippen molar-refractivity contribution < 1.29 is 13.6 Å². The second-order valence-electron chi connectivity index (χ2n) is 4.75. The van der Waals surface area contributed by atoms with Gasteiger partial charge in [0.2, 0.25) is 0 Å². The van der Waals surface area contributed by atoms with E-state index < -0.39 is 11.7 Å². The summed E-state index contributed by atoms with van der Waals surface area (Å²) in [7, 11) is 0. The summed E-state index contributed by atoms with van der Waals surface area (Å²) >= 11 is 9.00. The zero-order valence-electron chi connectivity index (χ0n) is 11.6. The fourth-order valence-electron chi connectivity index (χ4n) is 2.00. The Bertz CT molecular complexity index is 861. The van der Waals surface area contributed by atoms with Crippen molar-refractivity contribution in [3.05, 3.63) is 75.7 Å². The van der Waals surface area contributed by atoms with E-state index in [-0.39, 0.29) is 11.4 Å². The van der Waals surface area contributed by atoms with Crippen molar-refractivity contribution in [2.45, 2.75) is 0 Å². The monoisotopic (exact) mass is 393 g/mol. The first-order valence-corrected chi connectivity index (χ1v) is 7.82. The molecule has 2 aromatic carbocycles. The van der Waals surface area contributed by atoms with Gasteiger partial charge in [-0.25, -0.2) is 4.39 Å². The lowest BCUT2D eigenvalue weighted by Gasteiger charge is -2.05. The molecule has 0 atom stereocenters. The summed E-state index contributed by atoms with van der Waals surface area (Å²) in [5.41, 5.74) is 0.880. The van der Waals surface area contributed by atoms with Crippen LogP contribution in [0.15, 0.2) is 63.5 Å². The highest BCUT2D eigenvalue weighted by Crippen LogP contribution is 2.25. The molecule has 0 aliphatic heterocycles. The van der Waals surface area contributed by atoms with E-state index >= 15 is 0 Å². The second-order valence-corrected chi connectivity index (χ2v) is 6.10. The van der Waals surface area contributed by atoms with Gasteiger partial charge in [-0.05, 0) is 54.6 Å². The van der Waals surface area contributed by atoms with E-state index in [4.69, 9.17) is 16.0 Å². The van der Waals surface area contributed by atoms with Gasteiger partial charge >= 0.3 is 0 Å². The van der Waals surface area contributed by atoms with Crippen molar-refractivity contribution in [3.63, 3.8) is 0 Å². The Labute approximate surface area is 145 Å². The number of anilines is 1. The van der Waals surface area contributed by atoms with E-state index in [0.717, 1.165) is 5.56 Å². The Balaban J connectivity index is 1.79. The highest BCUT2D eigenvalue weighted by molar-refractivity contribution is 9.10. The van der Waals surface area contributed by atoms with Gasteiger partial charge in [0.25, 0.3) is 5.91 Å². The second kappa shape index (κ2) is 6.56. The van der Waals surface area contributed by atoms with Crippen LogP contribution in [0.1, 0.15) is 10.6 Å². The summed E-state index contributed by atoms with van der Waals surface area (Å²) in [6.07, 6.45) is 0. The number of nitrogens with one attached hydrogen (secondary N) is 1. The lowest BCUT2D eigenvalue weighted by Crippen LogP contribution is -2.12. The Kier molecular flexibility index (Phi) is 4.50. The van der Waals surface area contributed by atoms with Crippen molar-refractivity contribution in [1.82, 2.24) is 0 Å². The number of carbonyl (C=O) groups excluding carboxylic acids is 1. The molecule has 116 valence electrons. The van der Waals surface area contributed by atoms with Crippen LogP contribution in [0.25, 0.3) is 11.3 Å². The number of furan rings is 1. The molecular formula is C17H10BrClFNO2. The summed E-state index contributed by atoms with van der Waals surface area (Å²) in [6, 6.07) is 14.6. The predicted octanol–water partition coefficient (Wildman–Crippen LogP) is 5.75. The molecular weight excluding hydrogens is 385 g/mol. The van der Waals surface area contributed by atoms with Gasteiger partial charge in [0, 0.05) is 15.1 Å². The quantitative estimate of drug-likeness (QED) is 0.614. The van der Waals surface area contributed by atoms with Gasteiger partial charge in [-0.1, -0.05) is 27.5 Å². The number of hydrogen-bond donors (Lipinski definition) is 1. The Morgan fingerprint density at radius 1 is 1.09 bits per heavy atom. The highest BCUT2D eigenvalue weighted by Gasteiger charge is 2.14. The molecule has 3 aromatic rings. The highest BCUT2D eigenvalue weighted by atomic mass is 79.9. The number of hydrogen-bond acceptors (Lipinski definition) is 2. The molecule has 0 unspecified atom stereocenters. The van der Waals surface area contributed by atoms with Gasteiger partial charge in [-0.15, -0.1) is 0 Å². The SMILES string of the molecule is O=C(Nc1ccc(Br)cc1F)c1ccc(-c2ccc(Cl)cc2)o1. The summed E-state index contributed by atoms with van der Waals surface area (Å²) < 4.78 is 19.9. The molecule has 23 heavy (non-hydrogen) atoms. The molecule has 1 aromatic heterocycles. The van der Waals surface area contributed by atoms with E-state index in [1.54, 1.807) is 36.4 Å². The Morgan fingerprint density at radius 3 is 2.52 bits per heavy atom. The third-order valence-corrected chi connectivity index (χ3v) is 3.88. The Hall–Kier alpha value is -2.11. The minimum Gasteiger partial charge on any atom is -0.451 e. The van der Waals surface area contributed by atoms with Crippen molar-refractivity contribution >= 4 is 39.1 Å². The smallest absolute Gasteiger partial charge is 0.291 e. The first-order chi connectivity index (χ1) is 11.0. The molecule has 0 spiro atoms. The topological polar surface area (TPSA) is 42.2 Å². The average molecular weight is 395 g/mol. The molecule has 0 aliphatic rings. The van der Waals surface area contributed by atoms with Crippen LogP contribution in [-0.2, 0) is 0 Å². The third-order valence-electron chi connectivity index (χ3n) is 3.14. The van der Waals surface area contributed by atoms with Gasteiger partial charge in [0.1, 0.15) is 11.6 Å². The van der Waals surface area contributed by atoms with Crippen LogP contribution in [0, 0.1) is 5.82 Å². The average Bonchev–Trinajstić information content (AvgIpc) is 3.01. The molecule has 0 radical (unpaired) electrons. The van der Waals surface area contributed by atoms with Crippen molar-refractivity contribution in [2.75, 3.05) is 5.32 Å². The summed E-state index contributed by atoms with van der Waals surface area (Å²) in [5.74, 6) is -0.427. The van der Waals surface area contributed by atoms with E-state index in [9.17, 15) is 9.18 Å². The fourth-order valence-corrected chi connectivity index (χ4v) is 2.46. The van der Waals surface area contributed by atoms with Crippen LogP contribution in [0.2, 0.25) is 5.02 Å². The van der Waals surface area contributed by atoms with Crippen LogP contribution >= 0.6 is 27.5 Å². The third kappa shape index (κ3) is 3.63. The standard InChI is InChI=1S/C17H10BrClFNO2/c18-11-3-6-14(13(20)9-11)21-17(22)16-8-7-15(23-16)10-1-4-12(19)5-2-10/h1-9H,(H,21,22). The number of benzene rings is 2. The van der Waals surface area contributed by atoms with E-state index in [2.05, 4.69) is 21.2 Å². The maximum atomic E-state index is 13.7. The van der Waals surface area contributed by atoms with Crippen LogP contribution < -0.4 is 5.32 Å². The van der Waals surface area contributed by atoms with Crippen LogP contribution in [-0.4, -0.2) is 5.91 Å². The molecule has 0 bridgehead atoms. The molecule has 0 aliphatic carbocycles. The van der Waals surface area contributed by atoms with Crippen LogP contribution in [0.5, 0.6) is 0 Å². The first-order valence-electron chi connectivity index (χ1n) is 6.65. The number of rotatable bonds is 3. The van der Waals surface area contributed by atoms with E-state index in [1.165, 1.54) is 18.2 Å². The fraction of sp³-hybridized carbons (Fsp3) is 0. The van der Waals surface area contributed by atoms with Crippen molar-refractivity contribution in [1.29, 1.82) is 0 Å². The van der Waals surface area contributed by atoms with Gasteiger partial charge < -0.3 is 9.73 Å². The number of amides is 1. The van der Waals surface area contributed by atoms with Gasteiger partial charge in [0.05, 0.1) is 5.69 Å². The minimum atomic E-state index is -0.530. The maximum Gasteiger partial charge on any atom is 0.291 e. The first kappa shape index (κ1) is 15.8. The molecule has 3 nitrogen and oxygen atoms in total. The van der Waals surface area contributed by atoms with Gasteiger partial charge in [-0.2, -0.15) is 0 Å². The molecule has 0 saturated heterocycles. The van der Waals surface area contributed by atoms with Crippen LogP contribution in [0.4, 0.5) is 10.1 Å². The van der Waals surface area contributed by atoms with E-state index in [1.807, 2.05) is 0 Å². The molecule has 0 fully saturated rings. The minimum absolute atomic E-state index is 0.0858. The Morgan fingerprint density at radius 2 is 1.83 bits per heavy atom. The molecule has 1 N–H and O–H groups in total. The molecule has 1 amide bonds. The summed E-state index contributed by atoms with van der Waals surface area (Å²) in [5, 5.41) is 3.09. The molecule has 0 saturated carbocycles. The molecule has 6 heteroatoms. The van der Waals surface area contributed by atoms with Crippen LogP contribution in [0.3, 0.4) is 0 Å². The number of carbonyl (C=O) groups is 1. The summed E-state index contributed by atoms with van der Waals surface area (Å²) in [6.45, 7) is 0. The van der Waals surface area contributed by atoms with E-state index in [0.29, 0.717) is 15.3 Å².